The largest absolute Gasteiger partial charge is 0.476 e. The summed E-state index contributed by atoms with van der Waals surface area (Å²) in [4.78, 5) is 23.2. The van der Waals surface area contributed by atoms with E-state index in [-0.39, 0.29) is 39.8 Å². The highest BCUT2D eigenvalue weighted by atomic mass is 19.1. The number of anilines is 1. The maximum Gasteiger partial charge on any atom is 0.409 e. The van der Waals surface area contributed by atoms with Gasteiger partial charge in [0, 0.05) is 73.1 Å². The predicted octanol–water partition coefficient (Wildman–Crippen LogP) is 6.20. The van der Waals surface area contributed by atoms with Crippen molar-refractivity contribution < 1.29 is 23.0 Å². The number of hydrogen-bond acceptors (Lipinski definition) is 8. The molecule has 2 unspecified atom stereocenters. The van der Waals surface area contributed by atoms with Gasteiger partial charge in [-0.1, -0.05) is 30.2 Å². The maximum absolute atomic E-state index is 17.3. The van der Waals surface area contributed by atoms with Crippen LogP contribution in [0.2, 0.25) is 0 Å². The minimum Gasteiger partial charge on any atom is -0.476 e. The molecular weight excluding hydrogens is 650 g/mol. The number of rotatable bonds is 7. The molecule has 0 aliphatic carbocycles. The molecule has 1 aromatic heterocycles. The van der Waals surface area contributed by atoms with Crippen LogP contribution in [0.3, 0.4) is 0 Å². The summed E-state index contributed by atoms with van der Waals surface area (Å²) in [7, 11) is 3.34. The Morgan fingerprint density at radius 2 is 1.92 bits per heavy atom. The Morgan fingerprint density at radius 3 is 2.67 bits per heavy atom. The van der Waals surface area contributed by atoms with Gasteiger partial charge in [0.25, 0.3) is 0 Å². The van der Waals surface area contributed by atoms with Gasteiger partial charge in [-0.15, -0.1) is 6.42 Å². The van der Waals surface area contributed by atoms with E-state index in [1.54, 1.807) is 50.5 Å². The van der Waals surface area contributed by atoms with E-state index in [4.69, 9.17) is 20.9 Å². The molecule has 4 aliphatic rings. The molecule has 1 amide bonds. The SMILES string of the molecule is C#Cc1c(F)ccc2cccc(-c3c(C#N)cc4c(N5CC6CCC(C5)N6)nc(OC[C@]56CCCN5[C@@H](COC(=O)N(C)C)CC6)cc4c3F)c12. The van der Waals surface area contributed by atoms with Crippen molar-refractivity contribution >= 4 is 33.5 Å². The Hall–Kier alpha value is -4.97. The van der Waals surface area contributed by atoms with E-state index in [0.717, 1.165) is 45.1 Å². The standard InChI is InChI=1S/C40H40F2N6O3/c1-4-29-33(41)12-9-24-7-5-8-30(35(24)29)36-25(19-43)17-32-31(37(36)42)18-34(45-38(32)47-20-26-10-11-27(21-47)44-26)51-23-40-14-6-16-48(40)28(13-15-40)22-50-39(49)46(2)3/h1,5,7-9,12,17-18,26-28,44H,6,10-11,13-16,20-23H2,2-3H3/t26?,27?,28-,40-/m1/s1. The van der Waals surface area contributed by atoms with Gasteiger partial charge in [-0.3, -0.25) is 4.90 Å². The highest BCUT2D eigenvalue weighted by molar-refractivity contribution is 6.05. The van der Waals surface area contributed by atoms with E-state index in [0.29, 0.717) is 71.8 Å². The Balaban J connectivity index is 1.21. The highest BCUT2D eigenvalue weighted by Crippen LogP contribution is 2.45. The molecule has 4 aromatic rings. The van der Waals surface area contributed by atoms with Gasteiger partial charge in [0.1, 0.15) is 30.7 Å². The van der Waals surface area contributed by atoms with Crippen molar-refractivity contribution in [2.75, 3.05) is 51.8 Å². The first-order chi connectivity index (χ1) is 24.7. The van der Waals surface area contributed by atoms with E-state index in [1.807, 2.05) is 0 Å². The molecule has 4 aliphatic heterocycles. The number of hydrogen-bond donors (Lipinski definition) is 1. The van der Waals surface area contributed by atoms with Crippen LogP contribution in [0.1, 0.15) is 49.7 Å². The number of benzene rings is 3. The second-order valence-electron chi connectivity index (χ2n) is 14.6. The fourth-order valence-corrected chi connectivity index (χ4v) is 8.95. The second-order valence-corrected chi connectivity index (χ2v) is 14.6. The lowest BCUT2D eigenvalue weighted by Crippen LogP contribution is -2.51. The van der Waals surface area contributed by atoms with Crippen molar-refractivity contribution in [2.45, 2.75) is 62.2 Å². The van der Waals surface area contributed by atoms with Gasteiger partial charge < -0.3 is 24.6 Å². The highest BCUT2D eigenvalue weighted by Gasteiger charge is 2.50. The zero-order chi connectivity index (χ0) is 35.4. The lowest BCUT2D eigenvalue weighted by atomic mass is 9.90. The van der Waals surface area contributed by atoms with Gasteiger partial charge in [0.2, 0.25) is 5.88 Å². The summed E-state index contributed by atoms with van der Waals surface area (Å²) >= 11 is 0. The van der Waals surface area contributed by atoms with Crippen molar-refractivity contribution in [1.29, 1.82) is 5.26 Å². The number of nitriles is 1. The minimum absolute atomic E-state index is 0.0222. The van der Waals surface area contributed by atoms with Gasteiger partial charge in [-0.05, 0) is 68.2 Å². The Labute approximate surface area is 296 Å². The molecule has 1 N–H and O–H groups in total. The van der Waals surface area contributed by atoms with E-state index < -0.39 is 11.6 Å². The summed E-state index contributed by atoms with van der Waals surface area (Å²) < 4.78 is 44.5. The summed E-state index contributed by atoms with van der Waals surface area (Å²) in [6.07, 6.45) is 11.2. The fraction of sp³-hybridized carbons (Fsp3) is 0.425. The van der Waals surface area contributed by atoms with Crippen LogP contribution in [-0.4, -0.2) is 91.5 Å². The summed E-state index contributed by atoms with van der Waals surface area (Å²) in [6.45, 7) is 2.96. The average Bonchev–Trinajstić information content (AvgIpc) is 3.81. The number of carbonyl (C=O) groups excluding carboxylic acids is 1. The number of nitrogens with one attached hydrogen (secondary N) is 1. The Bertz CT molecular complexity index is 2130. The Kier molecular flexibility index (Phi) is 8.44. The van der Waals surface area contributed by atoms with Crippen LogP contribution in [-0.2, 0) is 4.74 Å². The molecule has 0 radical (unpaired) electrons. The number of piperazine rings is 1. The molecule has 8 rings (SSSR count). The molecule has 51 heavy (non-hydrogen) atoms. The number of fused-ring (bicyclic) bond motifs is 5. The molecule has 4 atom stereocenters. The lowest BCUT2D eigenvalue weighted by Gasteiger charge is -2.36. The number of terminal acetylenes is 1. The molecule has 262 valence electrons. The minimum atomic E-state index is -0.611. The van der Waals surface area contributed by atoms with E-state index >= 15 is 8.78 Å². The van der Waals surface area contributed by atoms with Gasteiger partial charge >= 0.3 is 6.09 Å². The second kappa shape index (κ2) is 13.0. The third-order valence-electron chi connectivity index (χ3n) is 11.4. The zero-order valence-electron chi connectivity index (χ0n) is 28.8. The number of aromatic nitrogens is 1. The number of nitrogens with zero attached hydrogens (tertiary/aromatic N) is 5. The smallest absolute Gasteiger partial charge is 0.409 e. The Morgan fingerprint density at radius 1 is 1.12 bits per heavy atom. The molecule has 0 saturated carbocycles. The van der Waals surface area contributed by atoms with Crippen molar-refractivity contribution in [3.63, 3.8) is 0 Å². The third-order valence-corrected chi connectivity index (χ3v) is 11.4. The van der Waals surface area contributed by atoms with Crippen LogP contribution in [0.15, 0.2) is 42.5 Å². The number of pyridine rings is 1. The van der Waals surface area contributed by atoms with Crippen molar-refractivity contribution in [1.82, 2.24) is 20.1 Å². The van der Waals surface area contributed by atoms with Crippen LogP contribution < -0.4 is 15.0 Å². The first-order valence-corrected chi connectivity index (χ1v) is 17.7. The number of halogens is 2. The number of amides is 1. The summed E-state index contributed by atoms with van der Waals surface area (Å²) in [5.74, 6) is 2.13. The van der Waals surface area contributed by atoms with Crippen LogP contribution in [0.4, 0.5) is 19.4 Å². The molecule has 0 spiro atoms. The quantitative estimate of drug-likeness (QED) is 0.229. The maximum atomic E-state index is 17.3. The predicted molar refractivity (Wildman–Crippen MR) is 192 cm³/mol. The molecular formula is C40H40F2N6O3. The molecule has 5 heterocycles. The van der Waals surface area contributed by atoms with Crippen molar-refractivity contribution in [3.05, 3.63) is 65.2 Å². The van der Waals surface area contributed by atoms with Crippen LogP contribution in [0, 0.1) is 35.3 Å². The summed E-state index contributed by atoms with van der Waals surface area (Å²) in [6, 6.07) is 14.4. The van der Waals surface area contributed by atoms with Gasteiger partial charge in [0.15, 0.2) is 0 Å². The van der Waals surface area contributed by atoms with Crippen LogP contribution in [0.5, 0.6) is 5.88 Å². The normalized spacial score (nSPS) is 24.0. The van der Waals surface area contributed by atoms with E-state index in [1.165, 1.54) is 11.0 Å². The first kappa shape index (κ1) is 33.2. The average molecular weight is 691 g/mol. The number of carbonyl (C=O) groups is 1. The molecule has 4 fully saturated rings. The van der Waals surface area contributed by atoms with Crippen molar-refractivity contribution in [2.24, 2.45) is 0 Å². The van der Waals surface area contributed by atoms with E-state index in [9.17, 15) is 10.1 Å². The monoisotopic (exact) mass is 690 g/mol. The van der Waals surface area contributed by atoms with Crippen LogP contribution in [0.25, 0.3) is 32.7 Å². The molecule has 4 saturated heterocycles. The number of ether oxygens (including phenoxy) is 2. The molecule has 3 aromatic carbocycles. The summed E-state index contributed by atoms with van der Waals surface area (Å²) in [5, 5.41) is 15.9. The fourth-order valence-electron chi connectivity index (χ4n) is 8.95. The summed E-state index contributed by atoms with van der Waals surface area (Å²) in [5.41, 5.74) is 0.306. The molecule has 2 bridgehead atoms. The first-order valence-electron chi connectivity index (χ1n) is 17.7. The lowest BCUT2D eigenvalue weighted by molar-refractivity contribution is 0.0494. The zero-order valence-corrected chi connectivity index (χ0v) is 28.8. The topological polar surface area (TPSA) is 94.0 Å². The van der Waals surface area contributed by atoms with Gasteiger partial charge in [0.05, 0.1) is 22.7 Å². The molecule has 9 nitrogen and oxygen atoms in total. The van der Waals surface area contributed by atoms with Gasteiger partial charge in [-0.2, -0.15) is 10.2 Å². The van der Waals surface area contributed by atoms with Gasteiger partial charge in [-0.25, -0.2) is 13.6 Å². The van der Waals surface area contributed by atoms with Crippen LogP contribution >= 0.6 is 0 Å². The van der Waals surface area contributed by atoms with E-state index in [2.05, 4.69) is 27.1 Å². The molecule has 11 heteroatoms. The van der Waals surface area contributed by atoms with Crippen molar-refractivity contribution in [3.8, 4) is 35.4 Å². The third kappa shape index (κ3) is 5.69.